The van der Waals surface area contributed by atoms with Crippen molar-refractivity contribution in [1.29, 1.82) is 0 Å². The van der Waals surface area contributed by atoms with Crippen LogP contribution in [0.4, 0.5) is 0 Å². The van der Waals surface area contributed by atoms with Crippen LogP contribution in [0, 0.1) is 0 Å². The van der Waals surface area contributed by atoms with Crippen LogP contribution < -0.4 is 10.6 Å². The topological polar surface area (TPSA) is 471 Å². The summed E-state index contributed by atoms with van der Waals surface area (Å²) in [7, 11) is 0. The van der Waals surface area contributed by atoms with Gasteiger partial charge in [-0.1, -0.05) is 30.3 Å². The average molecular weight is 1120 g/mol. The van der Waals surface area contributed by atoms with Crippen LogP contribution in [-0.4, -0.2) is 286 Å². The number of hydrogen-bond donors (Lipinski definition) is 17. The van der Waals surface area contributed by atoms with Crippen LogP contribution in [-0.2, 0) is 57.0 Å². The Labute approximate surface area is 444 Å². The number of amides is 2. The van der Waals surface area contributed by atoms with Gasteiger partial charge in [0.1, 0.15) is 110 Å². The van der Waals surface area contributed by atoms with Crippen molar-refractivity contribution in [3.8, 4) is 0 Å². The predicted octanol–water partition coefficient (Wildman–Crippen LogP) is -7.91. The van der Waals surface area contributed by atoms with Crippen molar-refractivity contribution < 1.29 is 138 Å². The number of aliphatic hydroxyl groups is 14. The first-order chi connectivity index (χ1) is 37.0. The molecule has 17 N–H and O–H groups in total. The van der Waals surface area contributed by atoms with Gasteiger partial charge in [0, 0.05) is 25.5 Å². The van der Waals surface area contributed by atoms with E-state index >= 15 is 0 Å². The maximum Gasteiger partial charge on any atom is 0.364 e. The summed E-state index contributed by atoms with van der Waals surface area (Å²) >= 11 is 0. The van der Waals surface area contributed by atoms with Crippen molar-refractivity contribution in [3.05, 3.63) is 48.0 Å². The number of nitrogens with one attached hydrogen (secondary N) is 2. The number of carboxylic acid groups (broad SMARTS) is 1. The van der Waals surface area contributed by atoms with Gasteiger partial charge in [0.2, 0.25) is 5.91 Å². The van der Waals surface area contributed by atoms with Crippen LogP contribution in [0.15, 0.2) is 42.5 Å². The van der Waals surface area contributed by atoms with Crippen molar-refractivity contribution in [2.75, 3.05) is 33.0 Å². The molecule has 5 aliphatic rings. The summed E-state index contributed by atoms with van der Waals surface area (Å²) in [5.74, 6) is -7.01. The molecule has 5 saturated heterocycles. The number of rotatable bonds is 20. The monoisotopic (exact) mass is 1120 g/mol. The molecule has 0 bridgehead atoms. The molecule has 30 nitrogen and oxygen atoms in total. The Morgan fingerprint density at radius 1 is 0.654 bits per heavy atom. The van der Waals surface area contributed by atoms with Crippen LogP contribution in [0.1, 0.15) is 37.6 Å². The third kappa shape index (κ3) is 12.9. The molecule has 26 atom stereocenters. The van der Waals surface area contributed by atoms with E-state index < -0.39 is 210 Å². The number of benzene rings is 2. The van der Waals surface area contributed by atoms with Gasteiger partial charge in [-0.2, -0.15) is 0 Å². The fourth-order valence-corrected chi connectivity index (χ4v) is 10.1. The molecule has 2 aromatic rings. The highest BCUT2D eigenvalue weighted by molar-refractivity contribution is 5.98. The molecule has 5 fully saturated rings. The second-order valence-corrected chi connectivity index (χ2v) is 19.6. The highest BCUT2D eigenvalue weighted by Gasteiger charge is 2.61. The van der Waals surface area contributed by atoms with Crippen molar-refractivity contribution in [2.45, 2.75) is 186 Å². The van der Waals surface area contributed by atoms with Gasteiger partial charge in [-0.05, 0) is 36.8 Å². The molecule has 0 saturated carbocycles. The molecule has 0 spiro atoms. The van der Waals surface area contributed by atoms with Crippen LogP contribution >= 0.6 is 0 Å². The van der Waals surface area contributed by atoms with Crippen molar-refractivity contribution in [1.82, 2.24) is 10.6 Å². The maximum atomic E-state index is 14.6. The first-order valence-corrected chi connectivity index (χ1v) is 25.1. The average Bonchev–Trinajstić information content (AvgIpc) is 3.43. The normalized spacial score (nSPS) is 42.1. The number of carboxylic acids is 1. The van der Waals surface area contributed by atoms with Crippen LogP contribution in [0.25, 0.3) is 10.8 Å². The molecule has 78 heavy (non-hydrogen) atoms. The number of aliphatic hydroxyl groups excluding tert-OH is 14. The van der Waals surface area contributed by atoms with Gasteiger partial charge >= 0.3 is 5.97 Å². The number of fused-ring (bicyclic) bond motifs is 1. The van der Waals surface area contributed by atoms with Gasteiger partial charge in [0.25, 0.3) is 11.7 Å². The SMILES string of the molecule is CCO[C@@H]1O[C@@H](CO)[C@H](O)[C@H](O[C@@H]2O[C@@H](CO)[C@@H](O[C@@H]3O[C@@H](CO)[C@H](O)[C@H](O[C@]4(C(=O)O)C[C@@H](O)[C@@H](NC(C)=O)[C@H]([C@H](O)[C@H](O)CO)O4)[C@@H]3O)[C@H](O[C@@H]3O[C@@H](C)[C@@H](O)[C@H](O)[C@@H]3O)[C@@H]2NC(=O)c2ccc3ccccc3c2)[C@@H]1O. The second kappa shape index (κ2) is 26.4. The third-order valence-corrected chi connectivity index (χ3v) is 14.3. The fraction of sp³-hybridized carbons (Fsp3) is 0.729. The van der Waals surface area contributed by atoms with E-state index in [0.717, 1.165) is 12.3 Å². The van der Waals surface area contributed by atoms with Crippen LogP contribution in [0.5, 0.6) is 0 Å². The molecular formula is C48H70N2O28. The smallest absolute Gasteiger partial charge is 0.364 e. The molecule has 2 aromatic carbocycles. The summed E-state index contributed by atoms with van der Waals surface area (Å²) in [5, 5.41) is 171. The zero-order valence-electron chi connectivity index (χ0n) is 42.2. The second-order valence-electron chi connectivity index (χ2n) is 19.6. The molecule has 0 aromatic heterocycles. The summed E-state index contributed by atoms with van der Waals surface area (Å²) in [5.41, 5.74) is -0.00538. The molecule has 5 heterocycles. The zero-order chi connectivity index (χ0) is 57.1. The molecule has 0 radical (unpaired) electrons. The number of carbonyl (C=O) groups is 3. The predicted molar refractivity (Wildman–Crippen MR) is 253 cm³/mol. The summed E-state index contributed by atoms with van der Waals surface area (Å²) in [6.07, 6.45) is -46.2. The van der Waals surface area contributed by atoms with Gasteiger partial charge in [0.15, 0.2) is 25.2 Å². The molecular weight excluding hydrogens is 1050 g/mol. The Bertz CT molecular complexity index is 2310. The Hall–Kier alpha value is -3.85. The Morgan fingerprint density at radius 2 is 1.23 bits per heavy atom. The third-order valence-electron chi connectivity index (χ3n) is 14.3. The summed E-state index contributed by atoms with van der Waals surface area (Å²) in [6.45, 7) is -0.397. The van der Waals surface area contributed by atoms with E-state index in [1.54, 1.807) is 37.3 Å². The maximum absolute atomic E-state index is 14.6. The zero-order valence-corrected chi connectivity index (χ0v) is 42.2. The molecule has 0 aliphatic carbocycles. The summed E-state index contributed by atoms with van der Waals surface area (Å²) in [6, 6.07) is 7.98. The van der Waals surface area contributed by atoms with Gasteiger partial charge in [0.05, 0.1) is 44.7 Å². The highest BCUT2D eigenvalue weighted by Crippen LogP contribution is 2.40. The first-order valence-electron chi connectivity index (χ1n) is 25.1. The van der Waals surface area contributed by atoms with Gasteiger partial charge in [-0.25, -0.2) is 4.79 Å². The van der Waals surface area contributed by atoms with E-state index in [9.17, 15) is 91.0 Å². The van der Waals surface area contributed by atoms with Gasteiger partial charge in [-0.15, -0.1) is 0 Å². The lowest BCUT2D eigenvalue weighted by atomic mass is 9.88. The van der Waals surface area contributed by atoms with Crippen LogP contribution in [0.2, 0.25) is 0 Å². The number of aliphatic carboxylic acids is 1. The summed E-state index contributed by atoms with van der Waals surface area (Å²) < 4.78 is 59.5. The molecule has 2 amide bonds. The Balaban J connectivity index is 1.31. The molecule has 0 unspecified atom stereocenters. The largest absolute Gasteiger partial charge is 0.477 e. The number of carbonyl (C=O) groups excluding carboxylic acids is 2. The van der Waals surface area contributed by atoms with Crippen LogP contribution in [0.3, 0.4) is 0 Å². The number of hydrogen-bond acceptors (Lipinski definition) is 27. The number of ether oxygens (including phenoxy) is 10. The summed E-state index contributed by atoms with van der Waals surface area (Å²) in [4.78, 5) is 40.0. The quantitative estimate of drug-likeness (QED) is 0.0585. The van der Waals surface area contributed by atoms with E-state index in [0.29, 0.717) is 5.39 Å². The lowest BCUT2D eigenvalue weighted by Crippen LogP contribution is -2.72. The van der Waals surface area contributed by atoms with E-state index in [1.807, 2.05) is 0 Å². The van der Waals surface area contributed by atoms with Crippen molar-refractivity contribution in [2.24, 2.45) is 0 Å². The van der Waals surface area contributed by atoms with E-state index in [-0.39, 0.29) is 12.2 Å². The van der Waals surface area contributed by atoms with Gasteiger partial charge in [-0.3, -0.25) is 9.59 Å². The highest BCUT2D eigenvalue weighted by atomic mass is 16.8. The minimum Gasteiger partial charge on any atom is -0.477 e. The van der Waals surface area contributed by atoms with Gasteiger partial charge < -0.3 is 135 Å². The lowest BCUT2D eigenvalue weighted by molar-refractivity contribution is -0.396. The Morgan fingerprint density at radius 3 is 1.85 bits per heavy atom. The first kappa shape index (κ1) is 61.8. The fourth-order valence-electron chi connectivity index (χ4n) is 10.1. The molecule has 30 heteroatoms. The van der Waals surface area contributed by atoms with E-state index in [4.69, 9.17) is 47.4 Å². The molecule has 7 rings (SSSR count). The molecule has 440 valence electrons. The molecule has 5 aliphatic heterocycles. The van der Waals surface area contributed by atoms with Crippen molar-refractivity contribution >= 4 is 28.6 Å². The van der Waals surface area contributed by atoms with E-state index in [1.165, 1.54) is 19.1 Å². The van der Waals surface area contributed by atoms with Crippen molar-refractivity contribution in [3.63, 3.8) is 0 Å². The minimum atomic E-state index is -3.22. The minimum absolute atomic E-state index is 0.00538. The lowest BCUT2D eigenvalue weighted by Gasteiger charge is -2.52. The standard InChI is InChI=1S/C48H70N2O28/c1-4-69-44-35(64)40(31(60)24(14-52)71-44)76-43-28(50-42(66)21-10-9-19-7-5-6-8-20(19)11-21)39(75-45-34(63)33(62)29(58)17(2)70-45)37(26(16-54)73-43)74-46-36(65)41(32(61)25(15-53)72-46)78-48(47(67)68)12-22(56)27(49-18(3)55)38(77-48)30(59)23(57)13-51/h5-11,17,22-41,43-46,51-54,56-65H,4,12-16H2,1-3H3,(H,49,55)(H,50,66)(H,67,68)/t17-,22+,23+,24-,25-,26-,27+,28-,29+,30+,31-,32-,33-,34-,35-,36-,37+,38+,39+,40-,41-,43-,44+,45-,46-,48-/m0/s1. The Kier molecular flexibility index (Phi) is 20.9. The van der Waals surface area contributed by atoms with E-state index in [2.05, 4.69) is 10.6 Å².